The summed E-state index contributed by atoms with van der Waals surface area (Å²) in [6, 6.07) is 8.82. The van der Waals surface area contributed by atoms with E-state index in [2.05, 4.69) is 10.9 Å². The molecule has 0 unspecified atom stereocenters. The highest BCUT2D eigenvalue weighted by Gasteiger charge is 2.21. The number of aryl methyl sites for hydroxylation is 1. The first kappa shape index (κ1) is 16.8. The average Bonchev–Trinajstić information content (AvgIpc) is 3.22. The lowest BCUT2D eigenvalue weighted by Gasteiger charge is -2.15. The second kappa shape index (κ2) is 7.21. The van der Waals surface area contributed by atoms with Crippen molar-refractivity contribution in [1.29, 1.82) is 0 Å². The van der Waals surface area contributed by atoms with E-state index in [4.69, 9.17) is 4.42 Å². The maximum Gasteiger partial charge on any atom is 0.273 e. The molecule has 2 heterocycles. The van der Waals surface area contributed by atoms with Gasteiger partial charge in [-0.05, 0) is 37.1 Å². The van der Waals surface area contributed by atoms with E-state index in [-0.39, 0.29) is 18.2 Å². The van der Waals surface area contributed by atoms with E-state index >= 15 is 0 Å². The standard InChI is InChI=1S/C18H19N3O4/c1-12-15(8-10-25-12)18(24)20-19-16(22)11-13-4-6-14(7-5-13)21-9-2-3-17(21)23/h4-8,10H,2-3,9,11H2,1H3,(H,19,22)(H,20,24). The van der Waals surface area contributed by atoms with Crippen LogP contribution in [0.15, 0.2) is 41.0 Å². The molecule has 2 N–H and O–H groups in total. The van der Waals surface area contributed by atoms with Gasteiger partial charge in [-0.25, -0.2) is 0 Å². The van der Waals surface area contributed by atoms with Gasteiger partial charge < -0.3 is 9.32 Å². The second-order valence-electron chi connectivity index (χ2n) is 5.88. The zero-order chi connectivity index (χ0) is 17.8. The smallest absolute Gasteiger partial charge is 0.273 e. The van der Waals surface area contributed by atoms with Crippen molar-refractivity contribution in [2.45, 2.75) is 26.2 Å². The van der Waals surface area contributed by atoms with Crippen molar-refractivity contribution >= 4 is 23.4 Å². The summed E-state index contributed by atoms with van der Waals surface area (Å²) in [4.78, 5) is 37.3. The number of carbonyl (C=O) groups excluding carboxylic acids is 3. The van der Waals surface area contributed by atoms with Gasteiger partial charge in [-0.3, -0.25) is 25.2 Å². The summed E-state index contributed by atoms with van der Waals surface area (Å²) in [5.74, 6) is -0.150. The van der Waals surface area contributed by atoms with Gasteiger partial charge in [0.2, 0.25) is 11.8 Å². The van der Waals surface area contributed by atoms with Crippen LogP contribution in [-0.4, -0.2) is 24.3 Å². The van der Waals surface area contributed by atoms with Gasteiger partial charge in [-0.2, -0.15) is 0 Å². The predicted molar refractivity (Wildman–Crippen MR) is 90.8 cm³/mol. The number of carbonyl (C=O) groups is 3. The minimum absolute atomic E-state index is 0.124. The van der Waals surface area contributed by atoms with Crippen molar-refractivity contribution in [3.63, 3.8) is 0 Å². The highest BCUT2D eigenvalue weighted by molar-refractivity contribution is 5.96. The molecule has 1 aromatic carbocycles. The van der Waals surface area contributed by atoms with Gasteiger partial charge >= 0.3 is 0 Å². The van der Waals surface area contributed by atoms with Gasteiger partial charge in [0.1, 0.15) is 5.76 Å². The van der Waals surface area contributed by atoms with E-state index in [1.807, 2.05) is 24.3 Å². The lowest BCUT2D eigenvalue weighted by atomic mass is 10.1. The van der Waals surface area contributed by atoms with Crippen LogP contribution in [0.3, 0.4) is 0 Å². The van der Waals surface area contributed by atoms with Gasteiger partial charge in [0.25, 0.3) is 5.91 Å². The van der Waals surface area contributed by atoms with E-state index in [0.29, 0.717) is 17.7 Å². The molecule has 0 saturated carbocycles. The molecule has 7 heteroatoms. The molecule has 1 saturated heterocycles. The highest BCUT2D eigenvalue weighted by atomic mass is 16.3. The molecule has 0 aliphatic carbocycles. The Morgan fingerprint density at radius 3 is 2.52 bits per heavy atom. The lowest BCUT2D eigenvalue weighted by Crippen LogP contribution is -2.42. The van der Waals surface area contributed by atoms with Gasteiger partial charge in [-0.15, -0.1) is 0 Å². The largest absolute Gasteiger partial charge is 0.469 e. The summed E-state index contributed by atoms with van der Waals surface area (Å²) in [5, 5.41) is 0. The lowest BCUT2D eigenvalue weighted by molar-refractivity contribution is -0.121. The highest BCUT2D eigenvalue weighted by Crippen LogP contribution is 2.21. The minimum atomic E-state index is -0.428. The molecule has 1 aromatic heterocycles. The molecule has 1 fully saturated rings. The third-order valence-electron chi connectivity index (χ3n) is 4.11. The van der Waals surface area contributed by atoms with Crippen LogP contribution in [0.5, 0.6) is 0 Å². The predicted octanol–water partition coefficient (Wildman–Crippen LogP) is 1.72. The zero-order valence-corrected chi connectivity index (χ0v) is 13.9. The van der Waals surface area contributed by atoms with Crippen LogP contribution in [0.4, 0.5) is 5.69 Å². The molecular weight excluding hydrogens is 322 g/mol. The maximum absolute atomic E-state index is 12.0. The molecule has 1 aliphatic heterocycles. The van der Waals surface area contributed by atoms with Crippen molar-refractivity contribution in [3.8, 4) is 0 Å². The van der Waals surface area contributed by atoms with Crippen molar-refractivity contribution in [2.24, 2.45) is 0 Å². The van der Waals surface area contributed by atoms with Crippen LogP contribution >= 0.6 is 0 Å². The zero-order valence-electron chi connectivity index (χ0n) is 13.9. The molecule has 7 nitrogen and oxygen atoms in total. The molecular formula is C18H19N3O4. The quantitative estimate of drug-likeness (QED) is 0.828. The first-order chi connectivity index (χ1) is 12.0. The number of benzene rings is 1. The molecule has 130 valence electrons. The number of amides is 3. The van der Waals surface area contributed by atoms with Crippen molar-refractivity contribution in [2.75, 3.05) is 11.4 Å². The molecule has 25 heavy (non-hydrogen) atoms. The SMILES string of the molecule is Cc1occc1C(=O)NNC(=O)Cc1ccc(N2CCCC2=O)cc1. The second-order valence-corrected chi connectivity index (χ2v) is 5.88. The van der Waals surface area contributed by atoms with Crippen LogP contribution in [-0.2, 0) is 16.0 Å². The van der Waals surface area contributed by atoms with Gasteiger partial charge in [0.05, 0.1) is 18.2 Å². The Bertz CT molecular complexity index is 795. The van der Waals surface area contributed by atoms with Gasteiger partial charge in [-0.1, -0.05) is 12.1 Å². The van der Waals surface area contributed by atoms with Crippen LogP contribution < -0.4 is 15.8 Å². The van der Waals surface area contributed by atoms with E-state index in [0.717, 1.165) is 24.2 Å². The molecule has 1 aliphatic rings. The Labute approximate surface area is 145 Å². The number of hydrogen-bond acceptors (Lipinski definition) is 4. The molecule has 3 amide bonds. The third-order valence-corrected chi connectivity index (χ3v) is 4.11. The number of nitrogens with zero attached hydrogens (tertiary/aromatic N) is 1. The van der Waals surface area contributed by atoms with Crippen LogP contribution in [0, 0.1) is 6.92 Å². The molecule has 0 spiro atoms. The van der Waals surface area contributed by atoms with E-state index in [9.17, 15) is 14.4 Å². The fourth-order valence-electron chi connectivity index (χ4n) is 2.76. The average molecular weight is 341 g/mol. The fraction of sp³-hybridized carbons (Fsp3) is 0.278. The summed E-state index contributed by atoms with van der Waals surface area (Å²) in [6.45, 7) is 2.40. The number of furan rings is 1. The summed E-state index contributed by atoms with van der Waals surface area (Å²) >= 11 is 0. The van der Waals surface area contributed by atoms with E-state index in [1.165, 1.54) is 12.3 Å². The van der Waals surface area contributed by atoms with Crippen molar-refractivity contribution in [1.82, 2.24) is 10.9 Å². The topological polar surface area (TPSA) is 91.7 Å². The molecule has 0 radical (unpaired) electrons. The van der Waals surface area contributed by atoms with Crippen molar-refractivity contribution in [3.05, 3.63) is 53.5 Å². The number of hydrazine groups is 1. The summed E-state index contributed by atoms with van der Waals surface area (Å²) in [6.07, 6.45) is 3.00. The van der Waals surface area contributed by atoms with Gasteiger partial charge in [0.15, 0.2) is 0 Å². The monoisotopic (exact) mass is 341 g/mol. The summed E-state index contributed by atoms with van der Waals surface area (Å²) < 4.78 is 5.05. The minimum Gasteiger partial charge on any atom is -0.469 e. The Hall–Kier alpha value is -3.09. The Kier molecular flexibility index (Phi) is 4.83. The Balaban J connectivity index is 1.52. The van der Waals surface area contributed by atoms with E-state index < -0.39 is 5.91 Å². The first-order valence-electron chi connectivity index (χ1n) is 8.07. The van der Waals surface area contributed by atoms with E-state index in [1.54, 1.807) is 11.8 Å². The maximum atomic E-state index is 12.0. The molecule has 0 bridgehead atoms. The third kappa shape index (κ3) is 3.88. The normalized spacial score (nSPS) is 13.8. The molecule has 2 aromatic rings. The van der Waals surface area contributed by atoms with Crippen LogP contribution in [0.25, 0.3) is 0 Å². The fourth-order valence-corrected chi connectivity index (χ4v) is 2.76. The number of rotatable bonds is 4. The number of nitrogens with one attached hydrogen (secondary N) is 2. The first-order valence-corrected chi connectivity index (χ1v) is 8.07. The molecule has 3 rings (SSSR count). The summed E-state index contributed by atoms with van der Waals surface area (Å²) in [5.41, 5.74) is 6.75. The van der Waals surface area contributed by atoms with Crippen LogP contribution in [0.1, 0.15) is 34.5 Å². The number of hydrogen-bond donors (Lipinski definition) is 2. The Morgan fingerprint density at radius 2 is 1.92 bits per heavy atom. The van der Waals surface area contributed by atoms with Gasteiger partial charge in [0, 0.05) is 18.7 Å². The Morgan fingerprint density at radius 1 is 1.16 bits per heavy atom. The van der Waals surface area contributed by atoms with Crippen LogP contribution in [0.2, 0.25) is 0 Å². The molecule has 0 atom stereocenters. The summed E-state index contributed by atoms with van der Waals surface area (Å²) in [7, 11) is 0. The number of anilines is 1. The van der Waals surface area contributed by atoms with Crippen molar-refractivity contribution < 1.29 is 18.8 Å².